The predicted molar refractivity (Wildman–Crippen MR) is 60.2 cm³/mol. The van der Waals surface area contributed by atoms with Crippen molar-refractivity contribution in [3.8, 4) is 0 Å². The molecule has 0 spiro atoms. The fraction of sp³-hybridized carbons (Fsp3) is 0.417. The summed E-state index contributed by atoms with van der Waals surface area (Å²) in [5.41, 5.74) is -0.467. The van der Waals surface area contributed by atoms with Gasteiger partial charge in [-0.1, -0.05) is 29.8 Å². The molecule has 1 aliphatic rings. The number of carbonyl (C=O) groups excluding carboxylic acids is 1. The van der Waals surface area contributed by atoms with E-state index in [9.17, 15) is 9.18 Å². The number of halogens is 2. The largest absolute Gasteiger partial charge is 0.466 e. The molecule has 2 rings (SSSR count). The molecule has 1 aromatic carbocycles. The highest BCUT2D eigenvalue weighted by atomic mass is 35.5. The Morgan fingerprint density at radius 1 is 1.53 bits per heavy atom. The third-order valence-corrected chi connectivity index (χ3v) is 3.57. The molecule has 1 heterocycles. The van der Waals surface area contributed by atoms with Gasteiger partial charge in [-0.15, -0.1) is 0 Å². The zero-order valence-electron chi connectivity index (χ0n) is 9.50. The van der Waals surface area contributed by atoms with Crippen molar-refractivity contribution in [2.45, 2.75) is 24.0 Å². The van der Waals surface area contributed by atoms with Gasteiger partial charge in [-0.25, -0.2) is 9.18 Å². The van der Waals surface area contributed by atoms with E-state index in [2.05, 4.69) is 4.74 Å². The molecule has 1 fully saturated rings. The normalized spacial score (nSPS) is 31.1. The number of carbonyl (C=O) groups is 1. The Hall–Kier alpha value is -1.13. The molecule has 92 valence electrons. The summed E-state index contributed by atoms with van der Waals surface area (Å²) in [6, 6.07) is 6.31. The number of hydrogen-bond acceptors (Lipinski definition) is 3. The van der Waals surface area contributed by atoms with Crippen molar-refractivity contribution < 1.29 is 18.7 Å². The van der Waals surface area contributed by atoms with Gasteiger partial charge in [-0.3, -0.25) is 0 Å². The Labute approximate surface area is 103 Å². The molecule has 0 radical (unpaired) electrons. The third-order valence-electron chi connectivity index (χ3n) is 2.94. The molecule has 0 bridgehead atoms. The van der Waals surface area contributed by atoms with Gasteiger partial charge >= 0.3 is 5.97 Å². The SMILES string of the molecule is COC(=O)C1(Cl)OC1(C)Cc1ccccc1F. The second-order valence-electron chi connectivity index (χ2n) is 4.19. The Balaban J connectivity index is 2.17. The lowest BCUT2D eigenvalue weighted by molar-refractivity contribution is -0.143. The molecule has 0 amide bonds. The first kappa shape index (κ1) is 12.3. The van der Waals surface area contributed by atoms with E-state index in [4.69, 9.17) is 16.3 Å². The summed E-state index contributed by atoms with van der Waals surface area (Å²) >= 11 is 5.99. The van der Waals surface area contributed by atoms with Gasteiger partial charge in [-0.05, 0) is 18.6 Å². The van der Waals surface area contributed by atoms with Gasteiger partial charge in [0.05, 0.1) is 7.11 Å². The Morgan fingerprint density at radius 2 is 2.18 bits per heavy atom. The predicted octanol–water partition coefficient (Wildman–Crippen LogP) is 2.27. The lowest BCUT2D eigenvalue weighted by Gasteiger charge is -2.09. The van der Waals surface area contributed by atoms with E-state index in [1.54, 1.807) is 25.1 Å². The van der Waals surface area contributed by atoms with E-state index >= 15 is 0 Å². The van der Waals surface area contributed by atoms with Crippen LogP contribution in [0.1, 0.15) is 12.5 Å². The van der Waals surface area contributed by atoms with E-state index in [1.807, 2.05) is 0 Å². The van der Waals surface area contributed by atoms with Gasteiger partial charge in [0.25, 0.3) is 5.06 Å². The summed E-state index contributed by atoms with van der Waals surface area (Å²) in [4.78, 5) is 11.4. The highest BCUT2D eigenvalue weighted by Gasteiger charge is 2.72. The number of alkyl halides is 1. The molecule has 2 atom stereocenters. The Morgan fingerprint density at radius 3 is 2.76 bits per heavy atom. The fourth-order valence-electron chi connectivity index (χ4n) is 1.83. The topological polar surface area (TPSA) is 38.8 Å². The second-order valence-corrected chi connectivity index (χ2v) is 4.72. The van der Waals surface area contributed by atoms with E-state index in [0.717, 1.165) is 0 Å². The number of methoxy groups -OCH3 is 1. The van der Waals surface area contributed by atoms with Crippen molar-refractivity contribution in [3.63, 3.8) is 0 Å². The zero-order valence-corrected chi connectivity index (χ0v) is 10.3. The van der Waals surface area contributed by atoms with Gasteiger partial charge < -0.3 is 9.47 Å². The Kier molecular flexibility index (Phi) is 2.87. The molecule has 0 N–H and O–H groups in total. The molecule has 1 aliphatic heterocycles. The van der Waals surface area contributed by atoms with Crippen molar-refractivity contribution >= 4 is 17.6 Å². The highest BCUT2D eigenvalue weighted by Crippen LogP contribution is 2.54. The van der Waals surface area contributed by atoms with Crippen LogP contribution in [0.4, 0.5) is 4.39 Å². The highest BCUT2D eigenvalue weighted by molar-refractivity contribution is 6.35. The monoisotopic (exact) mass is 258 g/mol. The first-order valence-corrected chi connectivity index (χ1v) is 5.52. The van der Waals surface area contributed by atoms with Crippen molar-refractivity contribution in [1.29, 1.82) is 0 Å². The minimum atomic E-state index is -1.50. The molecule has 0 aliphatic carbocycles. The number of epoxide rings is 1. The molecule has 2 unspecified atom stereocenters. The van der Waals surface area contributed by atoms with Crippen LogP contribution in [0.5, 0.6) is 0 Å². The lowest BCUT2D eigenvalue weighted by Crippen LogP contribution is -2.30. The maximum atomic E-state index is 13.5. The van der Waals surface area contributed by atoms with Crippen LogP contribution in [0.15, 0.2) is 24.3 Å². The summed E-state index contributed by atoms with van der Waals surface area (Å²) in [5.74, 6) is -0.994. The number of ether oxygens (including phenoxy) is 2. The molecule has 1 saturated heterocycles. The van der Waals surface area contributed by atoms with Crippen LogP contribution in [0.3, 0.4) is 0 Å². The average molecular weight is 259 g/mol. The van der Waals surface area contributed by atoms with Gasteiger partial charge in [0.1, 0.15) is 11.4 Å². The van der Waals surface area contributed by atoms with Crippen LogP contribution in [0.25, 0.3) is 0 Å². The quantitative estimate of drug-likeness (QED) is 0.474. The summed E-state index contributed by atoms with van der Waals surface area (Å²) in [5, 5.41) is -1.50. The molecule has 0 saturated carbocycles. The van der Waals surface area contributed by atoms with E-state index in [1.165, 1.54) is 13.2 Å². The maximum Gasteiger partial charge on any atom is 0.357 e. The summed E-state index contributed by atoms with van der Waals surface area (Å²) in [6.07, 6.45) is 0.221. The molecular formula is C12H12ClFO3. The van der Waals surface area contributed by atoms with Crippen LogP contribution in [-0.4, -0.2) is 23.7 Å². The number of rotatable bonds is 3. The molecule has 1 aromatic rings. The molecule has 17 heavy (non-hydrogen) atoms. The van der Waals surface area contributed by atoms with E-state index in [-0.39, 0.29) is 12.2 Å². The minimum absolute atomic E-state index is 0.221. The standard InChI is InChI=1S/C12H12ClFO3/c1-11(12(13,17-11)10(15)16-2)7-8-5-3-4-6-9(8)14/h3-6H,7H2,1-2H3. The average Bonchev–Trinajstić information content (AvgIpc) is 2.85. The number of esters is 1. The van der Waals surface area contributed by atoms with Crippen molar-refractivity contribution in [1.82, 2.24) is 0 Å². The van der Waals surface area contributed by atoms with Gasteiger partial charge in [0.15, 0.2) is 0 Å². The smallest absolute Gasteiger partial charge is 0.357 e. The van der Waals surface area contributed by atoms with Crippen LogP contribution < -0.4 is 0 Å². The zero-order chi connectivity index (χ0) is 12.7. The minimum Gasteiger partial charge on any atom is -0.466 e. The van der Waals surface area contributed by atoms with Gasteiger partial charge in [0.2, 0.25) is 0 Å². The first-order chi connectivity index (χ1) is 7.93. The van der Waals surface area contributed by atoms with Gasteiger partial charge in [-0.2, -0.15) is 0 Å². The van der Waals surface area contributed by atoms with Crippen LogP contribution in [0, 0.1) is 5.82 Å². The van der Waals surface area contributed by atoms with Crippen molar-refractivity contribution in [2.75, 3.05) is 7.11 Å². The maximum absolute atomic E-state index is 13.5. The van der Waals surface area contributed by atoms with Gasteiger partial charge in [0, 0.05) is 6.42 Å². The molecular weight excluding hydrogens is 247 g/mol. The Bertz CT molecular complexity index is 465. The second kappa shape index (κ2) is 3.96. The molecule has 3 nitrogen and oxygen atoms in total. The van der Waals surface area contributed by atoms with E-state index in [0.29, 0.717) is 5.56 Å². The summed E-state index contributed by atoms with van der Waals surface area (Å²) in [6.45, 7) is 1.66. The van der Waals surface area contributed by atoms with Crippen molar-refractivity contribution in [3.05, 3.63) is 35.6 Å². The van der Waals surface area contributed by atoms with Crippen molar-refractivity contribution in [2.24, 2.45) is 0 Å². The van der Waals surface area contributed by atoms with E-state index < -0.39 is 16.6 Å². The lowest BCUT2D eigenvalue weighted by atomic mass is 9.97. The molecule has 5 heteroatoms. The van der Waals surface area contributed by atoms with Crippen LogP contribution in [-0.2, 0) is 20.7 Å². The summed E-state index contributed by atoms with van der Waals surface area (Å²) < 4.78 is 23.2. The van der Waals surface area contributed by atoms with Crippen LogP contribution >= 0.6 is 11.6 Å². The van der Waals surface area contributed by atoms with Crippen LogP contribution in [0.2, 0.25) is 0 Å². The summed E-state index contributed by atoms with van der Waals surface area (Å²) in [7, 11) is 1.23. The molecule has 0 aromatic heterocycles. The first-order valence-electron chi connectivity index (χ1n) is 5.14. The fourth-order valence-corrected chi connectivity index (χ4v) is 2.14. The number of hydrogen-bond donors (Lipinski definition) is 0. The number of benzene rings is 1. The third kappa shape index (κ3) is 1.91.